The summed E-state index contributed by atoms with van der Waals surface area (Å²) in [5, 5.41) is 23.2. The summed E-state index contributed by atoms with van der Waals surface area (Å²) in [6.07, 6.45) is -5.16. The smallest absolute Gasteiger partial charge is 0.422 e. The van der Waals surface area contributed by atoms with Crippen molar-refractivity contribution in [1.82, 2.24) is 10.3 Å². The van der Waals surface area contributed by atoms with Gasteiger partial charge in [-0.25, -0.2) is 9.37 Å². The third-order valence-corrected chi connectivity index (χ3v) is 7.59. The van der Waals surface area contributed by atoms with E-state index < -0.39 is 60.0 Å². The summed E-state index contributed by atoms with van der Waals surface area (Å²) in [4.78, 5) is 28.5. The number of aliphatic carboxylic acids is 1. The summed E-state index contributed by atoms with van der Waals surface area (Å²) in [6, 6.07) is 10.7. The number of Topliss-reactive ketones (excluding diaryl/α,β-unsaturated/α-hetero) is 1. The van der Waals surface area contributed by atoms with Gasteiger partial charge >= 0.3 is 12.1 Å². The van der Waals surface area contributed by atoms with Crippen LogP contribution in [0.4, 0.5) is 17.6 Å². The van der Waals surface area contributed by atoms with E-state index in [-0.39, 0.29) is 39.8 Å². The fourth-order valence-corrected chi connectivity index (χ4v) is 4.61. The van der Waals surface area contributed by atoms with Crippen LogP contribution in [0.3, 0.4) is 0 Å². The Balaban J connectivity index is 1.73. The maximum absolute atomic E-state index is 14.7. The van der Waals surface area contributed by atoms with E-state index in [0.717, 1.165) is 25.0 Å². The van der Waals surface area contributed by atoms with Crippen LogP contribution >= 0.6 is 0 Å². The molecule has 1 aromatic heterocycles. The van der Waals surface area contributed by atoms with Crippen LogP contribution in [0.1, 0.15) is 66.7 Å². The molecule has 1 heterocycles. The van der Waals surface area contributed by atoms with E-state index in [1.165, 1.54) is 50.4 Å². The maximum atomic E-state index is 14.7. The highest BCUT2D eigenvalue weighted by atomic mass is 19.4. The zero-order chi connectivity index (χ0) is 32.4. The zero-order valence-corrected chi connectivity index (χ0v) is 24.7. The molecule has 4 rings (SSSR count). The van der Waals surface area contributed by atoms with Crippen LogP contribution in [0.5, 0.6) is 11.5 Å². The lowest BCUT2D eigenvalue weighted by molar-refractivity contribution is -0.270. The quantitative estimate of drug-likeness (QED) is 0.156. The number of rotatable bonds is 13. The van der Waals surface area contributed by atoms with Crippen LogP contribution in [0.15, 0.2) is 48.5 Å². The molecule has 1 atom stereocenters. The van der Waals surface area contributed by atoms with Gasteiger partial charge < -0.3 is 19.7 Å². The van der Waals surface area contributed by atoms with E-state index >= 15 is 0 Å². The number of ketones is 1. The van der Waals surface area contributed by atoms with Gasteiger partial charge in [-0.3, -0.25) is 14.9 Å². The Bertz CT molecular complexity index is 1550. The Kier molecular flexibility index (Phi) is 9.36. The third-order valence-electron chi connectivity index (χ3n) is 7.59. The van der Waals surface area contributed by atoms with Gasteiger partial charge in [0.25, 0.3) is 0 Å². The number of carbonyl (C=O) groups is 2. The van der Waals surface area contributed by atoms with Gasteiger partial charge in [0, 0.05) is 23.1 Å². The Morgan fingerprint density at radius 2 is 1.75 bits per heavy atom. The first-order valence-electron chi connectivity index (χ1n) is 14.0. The van der Waals surface area contributed by atoms with Crippen LogP contribution in [0, 0.1) is 12.7 Å². The molecule has 8 nitrogen and oxygen atoms in total. The highest BCUT2D eigenvalue weighted by Gasteiger charge is 2.56. The lowest BCUT2D eigenvalue weighted by atomic mass is 9.85. The van der Waals surface area contributed by atoms with Gasteiger partial charge in [-0.2, -0.15) is 13.2 Å². The molecule has 236 valence electrons. The Hall–Kier alpha value is -4.03. The van der Waals surface area contributed by atoms with E-state index in [0.29, 0.717) is 5.75 Å². The number of ether oxygens (including phenoxy) is 2. The summed E-state index contributed by atoms with van der Waals surface area (Å²) >= 11 is 0. The third kappa shape index (κ3) is 7.36. The molecule has 1 unspecified atom stereocenters. The average Bonchev–Trinajstić information content (AvgIpc) is 3.79. The fraction of sp³-hybridized carbons (Fsp3) is 0.406. The number of nitrogens with zero attached hydrogens (tertiary/aromatic N) is 1. The molecular weight excluding hydrogens is 584 g/mol. The lowest BCUT2D eigenvalue weighted by Gasteiger charge is -2.33. The standard InChI is InChI=1S/C32H34F4N2O6/c1-18-13-19(5-9-23(18)33)24-15-21(30(2,3)37-17-29(40)41)16-28(38-24)31(42,32(34,35)36)12-11-25(39)20-6-10-26(27(14-20)43-4)44-22-7-8-22/h5-6,9-10,13-16,22,37,42H,7-8,11-12,17H2,1-4H3,(H,40,41). The fourth-order valence-electron chi connectivity index (χ4n) is 4.61. The minimum atomic E-state index is -5.26. The predicted octanol–water partition coefficient (Wildman–Crippen LogP) is 6.07. The molecule has 0 spiro atoms. The number of carboxylic acids is 1. The summed E-state index contributed by atoms with van der Waals surface area (Å²) in [5.41, 5.74) is -4.78. The van der Waals surface area contributed by atoms with Gasteiger partial charge in [-0.05, 0) is 99.7 Å². The molecule has 0 aliphatic heterocycles. The second-order valence-corrected chi connectivity index (χ2v) is 11.4. The van der Waals surface area contributed by atoms with E-state index in [2.05, 4.69) is 10.3 Å². The highest BCUT2D eigenvalue weighted by molar-refractivity contribution is 5.96. The average molecular weight is 619 g/mol. The number of aliphatic hydroxyl groups is 1. The molecule has 3 N–H and O–H groups in total. The van der Waals surface area contributed by atoms with Crippen molar-refractivity contribution < 1.29 is 46.8 Å². The maximum Gasteiger partial charge on any atom is 0.422 e. The normalized spacial score (nSPS) is 15.0. The van der Waals surface area contributed by atoms with Crippen LogP contribution in [0.25, 0.3) is 11.3 Å². The molecule has 0 radical (unpaired) electrons. The molecule has 1 aliphatic carbocycles. The summed E-state index contributed by atoms with van der Waals surface area (Å²) < 4.78 is 69.1. The number of pyridine rings is 1. The number of halogens is 4. The van der Waals surface area contributed by atoms with Crippen molar-refractivity contribution in [3.8, 4) is 22.8 Å². The first-order chi connectivity index (χ1) is 20.5. The Morgan fingerprint density at radius 3 is 2.34 bits per heavy atom. The second-order valence-electron chi connectivity index (χ2n) is 11.4. The number of hydrogen-bond donors (Lipinski definition) is 3. The first kappa shape index (κ1) is 32.9. The number of alkyl halides is 3. The number of nitrogens with one attached hydrogen (secondary N) is 1. The molecule has 0 bridgehead atoms. The molecule has 12 heteroatoms. The van der Waals surface area contributed by atoms with E-state index in [1.807, 2.05) is 0 Å². The summed E-state index contributed by atoms with van der Waals surface area (Å²) in [6.45, 7) is 4.12. The number of aryl methyl sites for hydroxylation is 1. The number of carbonyl (C=O) groups excluding carboxylic acids is 1. The van der Waals surface area contributed by atoms with E-state index in [9.17, 15) is 32.3 Å². The van der Waals surface area contributed by atoms with Crippen molar-refractivity contribution >= 4 is 11.8 Å². The lowest BCUT2D eigenvalue weighted by Crippen LogP contribution is -2.44. The Morgan fingerprint density at radius 1 is 1.05 bits per heavy atom. The van der Waals surface area contributed by atoms with Gasteiger partial charge in [-0.15, -0.1) is 0 Å². The summed E-state index contributed by atoms with van der Waals surface area (Å²) in [5.74, 6) is -1.70. The second kappa shape index (κ2) is 12.5. The summed E-state index contributed by atoms with van der Waals surface area (Å²) in [7, 11) is 1.39. The van der Waals surface area contributed by atoms with Crippen LogP contribution < -0.4 is 14.8 Å². The van der Waals surface area contributed by atoms with Crippen LogP contribution in [0.2, 0.25) is 0 Å². The highest BCUT2D eigenvalue weighted by Crippen LogP contribution is 2.44. The SMILES string of the molecule is COc1cc(C(=O)CCC(O)(c2cc(C(C)(C)NCC(=O)O)cc(-c3ccc(F)c(C)c3)n2)C(F)(F)F)ccc1OC1CC1. The van der Waals surface area contributed by atoms with Crippen molar-refractivity contribution in [2.45, 2.75) is 69.9 Å². The van der Waals surface area contributed by atoms with Gasteiger partial charge in [0.05, 0.1) is 31.1 Å². The monoisotopic (exact) mass is 618 g/mol. The van der Waals surface area contributed by atoms with Crippen molar-refractivity contribution in [2.75, 3.05) is 13.7 Å². The van der Waals surface area contributed by atoms with Gasteiger partial charge in [0.2, 0.25) is 5.60 Å². The number of aromatic nitrogens is 1. The van der Waals surface area contributed by atoms with Crippen molar-refractivity contribution in [1.29, 1.82) is 0 Å². The zero-order valence-electron chi connectivity index (χ0n) is 24.7. The number of hydrogen-bond acceptors (Lipinski definition) is 7. The van der Waals surface area contributed by atoms with E-state index in [1.54, 1.807) is 13.8 Å². The molecule has 3 aromatic rings. The van der Waals surface area contributed by atoms with Crippen LogP contribution in [-0.4, -0.2) is 52.9 Å². The molecule has 2 aromatic carbocycles. The van der Waals surface area contributed by atoms with Gasteiger partial charge in [-0.1, -0.05) is 0 Å². The minimum Gasteiger partial charge on any atom is -0.493 e. The van der Waals surface area contributed by atoms with Crippen LogP contribution in [-0.2, 0) is 15.9 Å². The van der Waals surface area contributed by atoms with Crippen molar-refractivity contribution in [3.05, 3.63) is 76.7 Å². The molecule has 1 aliphatic rings. The first-order valence-corrected chi connectivity index (χ1v) is 14.0. The molecular formula is C32H34F4N2O6. The number of carboxylic acid groups (broad SMARTS) is 1. The molecule has 0 amide bonds. The topological polar surface area (TPSA) is 118 Å². The van der Waals surface area contributed by atoms with Crippen molar-refractivity contribution in [3.63, 3.8) is 0 Å². The Labute approximate surface area is 252 Å². The molecule has 1 saturated carbocycles. The predicted molar refractivity (Wildman–Crippen MR) is 153 cm³/mol. The molecule has 0 saturated heterocycles. The van der Waals surface area contributed by atoms with Crippen molar-refractivity contribution in [2.24, 2.45) is 0 Å². The minimum absolute atomic E-state index is 0.00390. The molecule has 1 fully saturated rings. The van der Waals surface area contributed by atoms with E-state index in [4.69, 9.17) is 14.6 Å². The number of methoxy groups -OCH3 is 1. The van der Waals surface area contributed by atoms with Gasteiger partial charge in [0.15, 0.2) is 17.3 Å². The van der Waals surface area contributed by atoms with Gasteiger partial charge in [0.1, 0.15) is 5.82 Å². The molecule has 44 heavy (non-hydrogen) atoms. The number of benzene rings is 2. The largest absolute Gasteiger partial charge is 0.493 e.